The minimum Gasteiger partial charge on any atom is -0.391 e. The van der Waals surface area contributed by atoms with E-state index in [1.54, 1.807) is 0 Å². The summed E-state index contributed by atoms with van der Waals surface area (Å²) in [5, 5.41) is 48.9. The summed E-state index contributed by atoms with van der Waals surface area (Å²) < 4.78 is 56.2. The van der Waals surface area contributed by atoms with Crippen molar-refractivity contribution in [1.29, 1.82) is 0 Å². The number of hydrogen-bond donors (Lipinski definition) is 5. The zero-order chi connectivity index (χ0) is 105. The fourth-order valence-electron chi connectivity index (χ4n) is 19.6. The maximum absolute atomic E-state index is 9.84. The second-order valence-electron chi connectivity index (χ2n) is 53.6. The summed E-state index contributed by atoms with van der Waals surface area (Å²) >= 11 is 0. The van der Waals surface area contributed by atoms with Gasteiger partial charge < -0.3 is 102 Å². The summed E-state index contributed by atoms with van der Waals surface area (Å²) in [4.78, 5) is 14.4. The smallest absolute Gasteiger partial charge is 0.0900 e. The van der Waals surface area contributed by atoms with Gasteiger partial charge in [0.2, 0.25) is 0 Å². The Morgan fingerprint density at radius 1 is 0.223 bits per heavy atom. The second kappa shape index (κ2) is 72.6. The van der Waals surface area contributed by atoms with E-state index < -0.39 is 0 Å². The van der Waals surface area contributed by atoms with E-state index in [2.05, 4.69) is 161 Å². The number of β-amino-alcohol motifs (C(OH)–C–C–N with tert-alkyl or cyclic N) is 1. The van der Waals surface area contributed by atoms with Crippen LogP contribution in [0.15, 0.2) is 0 Å². The first-order valence-corrected chi connectivity index (χ1v) is 57.4. The van der Waals surface area contributed by atoms with E-state index in [0.717, 1.165) is 134 Å². The molecule has 139 heavy (non-hydrogen) atoms. The molecular formula is C118H242N6O15. The first-order chi connectivity index (χ1) is 64.4. The lowest BCUT2D eigenvalue weighted by molar-refractivity contribution is -0.0547. The molecule has 10 fully saturated rings. The Labute approximate surface area is 862 Å². The number of rotatable bonds is 40. The first kappa shape index (κ1) is 136. The normalized spacial score (nSPS) is 22.5. The van der Waals surface area contributed by atoms with Crippen molar-refractivity contribution in [3.05, 3.63) is 0 Å². The molecule has 0 spiro atoms. The fraction of sp³-hybridized carbons (Fsp3) is 1.00. The van der Waals surface area contributed by atoms with Crippen molar-refractivity contribution < 1.29 is 72.9 Å². The highest BCUT2D eigenvalue weighted by molar-refractivity contribution is 4.83. The van der Waals surface area contributed by atoms with Crippen LogP contribution in [0.2, 0.25) is 0 Å². The largest absolute Gasteiger partial charge is 0.391 e. The molecule has 9 atom stereocenters. The Bertz CT molecular complexity index is 2640. The molecule has 10 aliphatic rings. The second-order valence-corrected chi connectivity index (χ2v) is 53.6. The number of nitrogens with zero attached hydrogens (tertiary/aromatic N) is 6. The van der Waals surface area contributed by atoms with Crippen LogP contribution in [-0.4, -0.2) is 326 Å². The average molecular weight is 1990 g/mol. The molecule has 0 radical (unpaired) electrons. The third-order valence-corrected chi connectivity index (χ3v) is 27.2. The molecule has 6 saturated heterocycles. The van der Waals surface area contributed by atoms with Crippen molar-refractivity contribution in [1.82, 2.24) is 29.4 Å². The van der Waals surface area contributed by atoms with Gasteiger partial charge in [-0.3, -0.25) is 0 Å². The number of hydrogen-bond acceptors (Lipinski definition) is 21. The lowest BCUT2D eigenvalue weighted by Crippen LogP contribution is -2.35. The topological polar surface area (TPSA) is 213 Å². The molecule has 6 heterocycles. The molecule has 9 unspecified atom stereocenters. The molecule has 4 aliphatic carbocycles. The molecule has 21 heteroatoms. The number of likely N-dealkylation sites (tertiary alicyclic amines) is 6. The molecule has 0 bridgehead atoms. The van der Waals surface area contributed by atoms with Crippen LogP contribution < -0.4 is 0 Å². The lowest BCUT2D eigenvalue weighted by Gasteiger charge is -2.25. The van der Waals surface area contributed by atoms with Crippen LogP contribution in [0.25, 0.3) is 0 Å². The Kier molecular flexibility index (Phi) is 71.1. The van der Waals surface area contributed by atoms with Gasteiger partial charge >= 0.3 is 0 Å². The number of aliphatic hydroxyl groups is 5. The monoisotopic (exact) mass is 1980 g/mol. The van der Waals surface area contributed by atoms with Crippen molar-refractivity contribution in [3.63, 3.8) is 0 Å². The molecule has 834 valence electrons. The van der Waals surface area contributed by atoms with Crippen LogP contribution in [0.4, 0.5) is 0 Å². The summed E-state index contributed by atoms with van der Waals surface area (Å²) in [6.07, 6.45) is 49.0. The van der Waals surface area contributed by atoms with E-state index in [9.17, 15) is 25.5 Å². The number of ether oxygens (including phenoxy) is 10. The molecule has 4 saturated carbocycles. The van der Waals surface area contributed by atoms with Gasteiger partial charge in [0.15, 0.2) is 0 Å². The molecule has 6 aliphatic heterocycles. The molecule has 0 aromatic rings. The average Bonchev–Trinajstić information content (AvgIpc) is 1.77. The Morgan fingerprint density at radius 3 is 0.763 bits per heavy atom. The van der Waals surface area contributed by atoms with Crippen LogP contribution in [0, 0.1) is 35.5 Å². The highest BCUT2D eigenvalue weighted by atomic mass is 16.5. The van der Waals surface area contributed by atoms with E-state index in [4.69, 9.17) is 47.4 Å². The summed E-state index contributed by atoms with van der Waals surface area (Å²) in [7, 11) is 8.72. The maximum Gasteiger partial charge on any atom is 0.0900 e. The first-order valence-electron chi connectivity index (χ1n) is 57.4. The van der Waals surface area contributed by atoms with Gasteiger partial charge in [0.25, 0.3) is 0 Å². The zero-order valence-electron chi connectivity index (χ0n) is 98.6. The van der Waals surface area contributed by atoms with Crippen LogP contribution in [0.5, 0.6) is 0 Å². The van der Waals surface area contributed by atoms with Gasteiger partial charge in [-0.15, -0.1) is 0 Å². The highest BCUT2D eigenvalue weighted by Gasteiger charge is 2.31. The van der Waals surface area contributed by atoms with E-state index in [1.165, 1.54) is 264 Å². The van der Waals surface area contributed by atoms with Gasteiger partial charge in [-0.25, -0.2) is 0 Å². The third kappa shape index (κ3) is 87.6. The number of aliphatic hydroxyl groups excluding tert-OH is 5. The van der Waals surface area contributed by atoms with E-state index in [-0.39, 0.29) is 86.5 Å². The fourth-order valence-corrected chi connectivity index (χ4v) is 19.6. The van der Waals surface area contributed by atoms with Gasteiger partial charge in [-0.05, 0) is 471 Å². The summed E-state index contributed by atoms with van der Waals surface area (Å²) in [6.45, 7) is 83.2. The van der Waals surface area contributed by atoms with Crippen molar-refractivity contribution in [2.45, 2.75) is 557 Å². The zero-order valence-corrected chi connectivity index (χ0v) is 98.6. The Balaban J connectivity index is 0.000000772. The molecule has 0 aromatic carbocycles. The molecule has 10 rings (SSSR count). The maximum atomic E-state index is 9.84. The molecule has 0 amide bonds. The summed E-state index contributed by atoms with van der Waals surface area (Å²) in [5.74, 6) is 5.09. The predicted molar refractivity (Wildman–Crippen MR) is 589 cm³/mol. The van der Waals surface area contributed by atoms with E-state index >= 15 is 0 Å². The van der Waals surface area contributed by atoms with Crippen molar-refractivity contribution in [3.8, 4) is 0 Å². The van der Waals surface area contributed by atoms with Gasteiger partial charge in [0, 0.05) is 71.3 Å². The predicted octanol–water partition coefficient (Wildman–Crippen LogP) is 24.9. The molecule has 0 aromatic heterocycles. The summed E-state index contributed by atoms with van der Waals surface area (Å²) in [5.41, 5.74) is -0.500. The molecule has 21 nitrogen and oxygen atoms in total. The SMILES string of the molecule is CC(C)(C)OCC(O)CC1CCCC1.CC(C)(C)OCC(O)CC1CCCC1.CC(C)(C)OCC(O)CN1CCCC1.CC(C)(C)OCCCC1CCCC1.CC(C)(C)OCCCC1CCCC1.CC(C)(C)OCCCN1CCCC1.CN1CCC(CC(O)COC(C)(C)C)C1.CN1CCC(CCCOC(C)(C)C)C1.CN1CCCC1CC(O)COC(C)(C)C.CN1CCCC1CCCOC(C)(C)C. The standard InChI is InChI=1S/2C12H25NO2.2C12H25NO.2C12H24O2.2C12H24O.C11H23NO2.C11H23NO/c1-12(2,3)15-9-11(14)7-10-5-6-13(4)8-10;1-12(2,3)15-9-11(14)8-10-6-5-7-13(10)4;1-12(2,3)14-10-6-8-11-7-5-9-13(11)4;1-12(2,3)14-9-5-6-11-7-8-13(4)10-11;2*1-12(2,3)14-9-11(13)8-10-6-4-5-7-10;2*1-12(2,3)13-10-6-9-11-7-4-5-8-11;1-11(2,3)14-9-10(13)8-12-6-4-5-7-12;1-11(2,3)13-10-6-9-12-7-4-5-8-12/h2*10-11,14H,5-9H2,1-4H3;2*11H,5-10H2,1-4H3;2*10-11,13H,4-9H2,1-3H3;2*11H,4-10H2,1-3H3;10,13H,4-9H2,1-3H3;4-10H2,1-3H3. The quantitative estimate of drug-likeness (QED) is 0.0361. The van der Waals surface area contributed by atoms with Crippen LogP contribution in [0.3, 0.4) is 0 Å². The van der Waals surface area contributed by atoms with Crippen LogP contribution in [0.1, 0.15) is 458 Å². The highest BCUT2D eigenvalue weighted by Crippen LogP contribution is 2.34. The summed E-state index contributed by atoms with van der Waals surface area (Å²) in [6, 6.07) is 1.36. The molecular weight excluding hydrogens is 1740 g/mol. The van der Waals surface area contributed by atoms with E-state index in [1.807, 2.05) is 104 Å². The minimum absolute atomic E-state index is 0.0293. The van der Waals surface area contributed by atoms with E-state index in [0.29, 0.717) is 45.0 Å². The lowest BCUT2D eigenvalue weighted by atomic mass is 10.0. The Hall–Kier alpha value is -0.840. The van der Waals surface area contributed by atoms with Gasteiger partial charge in [0.05, 0.1) is 120 Å². The van der Waals surface area contributed by atoms with Crippen LogP contribution in [-0.2, 0) is 47.4 Å². The third-order valence-electron chi connectivity index (χ3n) is 27.2. The minimum atomic E-state index is -0.340. The molecule has 5 N–H and O–H groups in total. The van der Waals surface area contributed by atoms with Crippen LogP contribution >= 0.6 is 0 Å². The van der Waals surface area contributed by atoms with Gasteiger partial charge in [-0.1, -0.05) is 103 Å². The van der Waals surface area contributed by atoms with Gasteiger partial charge in [-0.2, -0.15) is 0 Å². The van der Waals surface area contributed by atoms with Crippen molar-refractivity contribution >= 4 is 0 Å². The van der Waals surface area contributed by atoms with Crippen molar-refractivity contribution in [2.24, 2.45) is 35.5 Å². The van der Waals surface area contributed by atoms with Crippen molar-refractivity contribution in [2.75, 3.05) is 173 Å². The Morgan fingerprint density at radius 2 is 0.475 bits per heavy atom. The van der Waals surface area contributed by atoms with Gasteiger partial charge in [0.1, 0.15) is 0 Å².